The molecule has 1 aromatic heterocycles. The Balaban J connectivity index is 0.00000364. The van der Waals surface area contributed by atoms with Gasteiger partial charge in [-0.15, -0.1) is 24.0 Å². The van der Waals surface area contributed by atoms with Crippen molar-refractivity contribution in [3.63, 3.8) is 0 Å². The van der Waals surface area contributed by atoms with Gasteiger partial charge in [-0.3, -0.25) is 0 Å². The first-order valence-electron chi connectivity index (χ1n) is 9.16. The lowest BCUT2D eigenvalue weighted by Crippen LogP contribution is -2.63. The number of aromatic nitrogens is 1. The monoisotopic (exact) mass is 493 g/mol. The molecule has 1 amide bonds. The lowest BCUT2D eigenvalue weighted by atomic mass is 10.1. The number of carbonyl (C=O) groups excluding carboxylic acids is 1. The normalized spacial score (nSPS) is 15.2. The standard InChI is InChI=1S/C18H31N5O3.HI/c1-7-19-16(20-9-14-8-15(12(2)3)22-26-14)21-13-10-23(11-13)17(24)25-18(4,5)6;/h8,12-13H,7,9-11H2,1-6H3,(H2,19,20,21);1H. The highest BCUT2D eigenvalue weighted by Gasteiger charge is 2.34. The van der Waals surface area contributed by atoms with Gasteiger partial charge in [0.2, 0.25) is 0 Å². The predicted molar refractivity (Wildman–Crippen MR) is 116 cm³/mol. The molecule has 1 saturated heterocycles. The van der Waals surface area contributed by atoms with Crippen molar-refractivity contribution in [1.29, 1.82) is 0 Å². The molecule has 0 aromatic carbocycles. The van der Waals surface area contributed by atoms with Crippen LogP contribution in [0.4, 0.5) is 4.79 Å². The van der Waals surface area contributed by atoms with Crippen molar-refractivity contribution in [2.45, 2.75) is 65.6 Å². The molecule has 0 saturated carbocycles. The fraction of sp³-hybridized carbons (Fsp3) is 0.722. The average molecular weight is 493 g/mol. The third-order valence-electron chi connectivity index (χ3n) is 3.78. The number of amides is 1. The summed E-state index contributed by atoms with van der Waals surface area (Å²) in [4.78, 5) is 18.2. The number of hydrogen-bond donors (Lipinski definition) is 2. The van der Waals surface area contributed by atoms with Crippen LogP contribution in [0.5, 0.6) is 0 Å². The minimum atomic E-state index is -0.474. The molecule has 9 heteroatoms. The molecular formula is C18H32IN5O3. The van der Waals surface area contributed by atoms with E-state index in [0.29, 0.717) is 31.5 Å². The predicted octanol–water partition coefficient (Wildman–Crippen LogP) is 3.09. The molecule has 1 aromatic rings. The molecule has 1 aliphatic heterocycles. The highest BCUT2D eigenvalue weighted by atomic mass is 127. The minimum absolute atomic E-state index is 0. The Morgan fingerprint density at radius 1 is 1.44 bits per heavy atom. The maximum absolute atomic E-state index is 12.0. The van der Waals surface area contributed by atoms with E-state index < -0.39 is 5.60 Å². The van der Waals surface area contributed by atoms with Crippen LogP contribution in [0.2, 0.25) is 0 Å². The molecule has 0 radical (unpaired) electrons. The highest BCUT2D eigenvalue weighted by molar-refractivity contribution is 14.0. The number of hydrogen-bond acceptors (Lipinski definition) is 5. The van der Waals surface area contributed by atoms with Gasteiger partial charge in [0.25, 0.3) is 0 Å². The van der Waals surface area contributed by atoms with Gasteiger partial charge < -0.3 is 24.8 Å². The number of ether oxygens (including phenoxy) is 1. The summed E-state index contributed by atoms with van der Waals surface area (Å²) < 4.78 is 10.7. The van der Waals surface area contributed by atoms with E-state index in [0.717, 1.165) is 18.0 Å². The number of guanidine groups is 1. The van der Waals surface area contributed by atoms with E-state index in [2.05, 4.69) is 34.6 Å². The molecule has 1 fully saturated rings. The lowest BCUT2D eigenvalue weighted by molar-refractivity contribution is 0.00701. The Kier molecular flexibility index (Phi) is 8.83. The second kappa shape index (κ2) is 10.1. The Morgan fingerprint density at radius 2 is 2.11 bits per heavy atom. The van der Waals surface area contributed by atoms with Crippen molar-refractivity contribution in [2.75, 3.05) is 19.6 Å². The number of carbonyl (C=O) groups is 1. The van der Waals surface area contributed by atoms with E-state index >= 15 is 0 Å². The van der Waals surface area contributed by atoms with Crippen LogP contribution in [-0.4, -0.2) is 53.4 Å². The summed E-state index contributed by atoms with van der Waals surface area (Å²) in [5, 5.41) is 10.6. The maximum Gasteiger partial charge on any atom is 0.410 e. The van der Waals surface area contributed by atoms with E-state index in [-0.39, 0.29) is 36.1 Å². The summed E-state index contributed by atoms with van der Waals surface area (Å²) >= 11 is 0. The van der Waals surface area contributed by atoms with E-state index in [1.807, 2.05) is 33.8 Å². The van der Waals surface area contributed by atoms with Gasteiger partial charge in [0, 0.05) is 25.7 Å². The molecule has 2 N–H and O–H groups in total. The topological polar surface area (TPSA) is 92.0 Å². The number of aliphatic imine (C=N–C) groups is 1. The zero-order valence-electron chi connectivity index (χ0n) is 17.0. The first kappa shape index (κ1) is 23.5. The molecule has 0 aliphatic carbocycles. The summed E-state index contributed by atoms with van der Waals surface area (Å²) in [6, 6.07) is 2.09. The van der Waals surface area contributed by atoms with Gasteiger partial charge in [0.1, 0.15) is 12.1 Å². The zero-order valence-corrected chi connectivity index (χ0v) is 19.4. The Labute approximate surface area is 178 Å². The number of halogens is 1. The van der Waals surface area contributed by atoms with Crippen LogP contribution in [-0.2, 0) is 11.3 Å². The molecule has 2 rings (SSSR count). The summed E-state index contributed by atoms with van der Waals surface area (Å²) in [7, 11) is 0. The molecule has 154 valence electrons. The first-order valence-corrected chi connectivity index (χ1v) is 9.16. The third kappa shape index (κ3) is 7.55. The molecule has 8 nitrogen and oxygen atoms in total. The molecular weight excluding hydrogens is 461 g/mol. The SMILES string of the molecule is CCNC(=NCc1cc(C(C)C)no1)NC1CN(C(=O)OC(C)(C)C)C1.I. The van der Waals surface area contributed by atoms with Crippen molar-refractivity contribution in [3.05, 3.63) is 17.5 Å². The lowest BCUT2D eigenvalue weighted by Gasteiger charge is -2.40. The highest BCUT2D eigenvalue weighted by Crippen LogP contribution is 2.16. The van der Waals surface area contributed by atoms with Crippen LogP contribution >= 0.6 is 24.0 Å². The Morgan fingerprint density at radius 3 is 2.63 bits per heavy atom. The summed E-state index contributed by atoms with van der Waals surface area (Å²) in [5.41, 5.74) is 0.456. The van der Waals surface area contributed by atoms with Crippen LogP contribution in [0.15, 0.2) is 15.6 Å². The Bertz CT molecular complexity index is 633. The second-order valence-electron chi connectivity index (χ2n) is 7.79. The van der Waals surface area contributed by atoms with Crippen molar-refractivity contribution in [2.24, 2.45) is 4.99 Å². The smallest absolute Gasteiger partial charge is 0.410 e. The van der Waals surface area contributed by atoms with Crippen LogP contribution in [0.3, 0.4) is 0 Å². The fourth-order valence-corrected chi connectivity index (χ4v) is 2.39. The molecule has 0 spiro atoms. The summed E-state index contributed by atoms with van der Waals surface area (Å²) in [6.45, 7) is 14.1. The van der Waals surface area contributed by atoms with E-state index in [1.54, 1.807) is 4.90 Å². The van der Waals surface area contributed by atoms with Crippen LogP contribution in [0, 0.1) is 0 Å². The molecule has 0 bridgehead atoms. The molecule has 0 atom stereocenters. The van der Waals surface area contributed by atoms with Crippen molar-refractivity contribution >= 4 is 36.0 Å². The molecule has 0 unspecified atom stereocenters. The largest absolute Gasteiger partial charge is 0.444 e. The van der Waals surface area contributed by atoms with Crippen molar-refractivity contribution in [1.82, 2.24) is 20.7 Å². The van der Waals surface area contributed by atoms with Crippen molar-refractivity contribution < 1.29 is 14.1 Å². The maximum atomic E-state index is 12.0. The van der Waals surface area contributed by atoms with Gasteiger partial charge in [0.05, 0.1) is 11.7 Å². The van der Waals surface area contributed by atoms with Gasteiger partial charge >= 0.3 is 6.09 Å². The molecule has 1 aliphatic rings. The quantitative estimate of drug-likeness (QED) is 0.372. The second-order valence-corrected chi connectivity index (χ2v) is 7.79. The van der Waals surface area contributed by atoms with Gasteiger partial charge in [-0.25, -0.2) is 9.79 Å². The van der Waals surface area contributed by atoms with Crippen LogP contribution in [0.1, 0.15) is 58.9 Å². The molecule has 2 heterocycles. The molecule has 27 heavy (non-hydrogen) atoms. The third-order valence-corrected chi connectivity index (χ3v) is 3.78. The van der Waals surface area contributed by atoms with Crippen LogP contribution in [0.25, 0.3) is 0 Å². The number of rotatable bonds is 5. The van der Waals surface area contributed by atoms with Crippen molar-refractivity contribution in [3.8, 4) is 0 Å². The Hall–Kier alpha value is -1.52. The number of nitrogens with zero attached hydrogens (tertiary/aromatic N) is 3. The summed E-state index contributed by atoms with van der Waals surface area (Å²) in [6.07, 6.45) is -0.277. The van der Waals surface area contributed by atoms with Gasteiger partial charge in [-0.1, -0.05) is 19.0 Å². The van der Waals surface area contributed by atoms with E-state index in [1.165, 1.54) is 0 Å². The fourth-order valence-electron chi connectivity index (χ4n) is 2.39. The van der Waals surface area contributed by atoms with E-state index in [4.69, 9.17) is 9.26 Å². The van der Waals surface area contributed by atoms with Crippen LogP contribution < -0.4 is 10.6 Å². The van der Waals surface area contributed by atoms with Gasteiger partial charge in [0.15, 0.2) is 11.7 Å². The van der Waals surface area contributed by atoms with Gasteiger partial charge in [-0.05, 0) is 33.6 Å². The average Bonchev–Trinajstić information content (AvgIpc) is 2.95. The first-order chi connectivity index (χ1) is 12.2. The minimum Gasteiger partial charge on any atom is -0.444 e. The van der Waals surface area contributed by atoms with Gasteiger partial charge in [-0.2, -0.15) is 0 Å². The summed E-state index contributed by atoms with van der Waals surface area (Å²) in [5.74, 6) is 1.76. The zero-order chi connectivity index (χ0) is 19.3. The number of likely N-dealkylation sites (tertiary alicyclic amines) is 1. The van der Waals surface area contributed by atoms with E-state index in [9.17, 15) is 4.79 Å². The number of nitrogens with one attached hydrogen (secondary N) is 2.